The van der Waals surface area contributed by atoms with E-state index in [4.69, 9.17) is 15.2 Å². The molecule has 1 aromatic carbocycles. The number of fused-ring (bicyclic) bond motifs is 5. The number of carbonyl (C=O) groups excluding carboxylic acids is 1. The van der Waals surface area contributed by atoms with E-state index < -0.39 is 29.7 Å². The molecule has 44 heavy (non-hydrogen) atoms. The third kappa shape index (κ3) is 8.57. The average Bonchev–Trinajstić information content (AvgIpc) is 2.99. The van der Waals surface area contributed by atoms with Crippen molar-refractivity contribution in [3.8, 4) is 23.3 Å². The summed E-state index contributed by atoms with van der Waals surface area (Å²) in [5, 5.41) is 50.1. The number of nitrogens with one attached hydrogen (secondary N) is 2. The Labute approximate surface area is 260 Å². The zero-order chi connectivity index (χ0) is 31.9. The van der Waals surface area contributed by atoms with Gasteiger partial charge in [-0.3, -0.25) is 9.79 Å². The number of guanidine groups is 1. The molecule has 2 aliphatic heterocycles. The highest BCUT2D eigenvalue weighted by Crippen LogP contribution is 2.39. The van der Waals surface area contributed by atoms with E-state index in [1.807, 2.05) is 0 Å². The van der Waals surface area contributed by atoms with E-state index in [2.05, 4.69) is 27.5 Å². The predicted molar refractivity (Wildman–Crippen MR) is 167 cm³/mol. The largest absolute Gasteiger partial charge is 0.504 e. The van der Waals surface area contributed by atoms with Crippen molar-refractivity contribution in [2.75, 3.05) is 20.1 Å². The van der Waals surface area contributed by atoms with Crippen molar-refractivity contribution in [3.63, 3.8) is 0 Å². The third-order valence-electron chi connectivity index (χ3n) is 9.59. The number of aromatic hydroxyl groups is 1. The fourth-order valence-corrected chi connectivity index (χ4v) is 6.88. The molecule has 8 unspecified atom stereocenters. The highest BCUT2D eigenvalue weighted by atomic mass is 16.5. The summed E-state index contributed by atoms with van der Waals surface area (Å²) in [5.41, 5.74) is 6.35. The van der Waals surface area contributed by atoms with E-state index in [1.165, 1.54) is 6.92 Å². The van der Waals surface area contributed by atoms with Gasteiger partial charge in [0, 0.05) is 44.8 Å². The first-order chi connectivity index (χ1) is 21.0. The van der Waals surface area contributed by atoms with Crippen molar-refractivity contribution in [3.05, 3.63) is 23.3 Å². The molecule has 0 radical (unpaired) electrons. The monoisotopic (exact) mass is 614 g/mol. The van der Waals surface area contributed by atoms with Gasteiger partial charge in [0.1, 0.15) is 12.2 Å². The van der Waals surface area contributed by atoms with Gasteiger partial charge in [0.2, 0.25) is 0 Å². The number of ether oxygens (including phenoxy) is 2. The highest BCUT2D eigenvalue weighted by molar-refractivity contribution is 5.77. The Morgan fingerprint density at radius 1 is 1.30 bits per heavy atom. The summed E-state index contributed by atoms with van der Waals surface area (Å²) in [7, 11) is 1.58. The number of aliphatic hydroxyl groups is 3. The Bertz CT molecular complexity index is 1230. The van der Waals surface area contributed by atoms with Crippen LogP contribution in [0.25, 0.3) is 0 Å². The standard InChI is InChI=1S/C33H50N4O7/c1-20(39)33(19-37-32(34)35-3)10-7-22-5-4-6-25-16-27(9-12-36-25)44-31-15-23(24(18-38)14-29(31)42)13-28(22)30(43-21(2)40)17-26(41)8-11-33/h14-15,20,22,25-28,30,36,38-39,41-42H,4-6,8-9,11-13,16-19H2,1-3H3,(H3,34,35,37). The Morgan fingerprint density at radius 3 is 2.80 bits per heavy atom. The second-order valence-corrected chi connectivity index (χ2v) is 12.7. The number of piperidine rings is 1. The van der Waals surface area contributed by atoms with E-state index in [0.29, 0.717) is 37.0 Å². The van der Waals surface area contributed by atoms with Crippen LogP contribution in [0.3, 0.4) is 0 Å². The van der Waals surface area contributed by atoms with Crippen LogP contribution in [0.5, 0.6) is 11.5 Å². The molecule has 4 rings (SSSR count). The van der Waals surface area contributed by atoms with Crippen LogP contribution in [-0.2, 0) is 22.6 Å². The molecule has 0 aromatic heterocycles. The number of aliphatic hydroxyl groups excluding tert-OH is 3. The molecule has 244 valence electrons. The van der Waals surface area contributed by atoms with Gasteiger partial charge in [-0.15, -0.1) is 0 Å². The summed E-state index contributed by atoms with van der Waals surface area (Å²) >= 11 is 0. The Balaban J connectivity index is 1.85. The smallest absolute Gasteiger partial charge is 0.302 e. The molecule has 0 amide bonds. The Hall–Kier alpha value is -3.04. The number of phenolic OH excluding ortho intramolecular Hbond substituents is 1. The summed E-state index contributed by atoms with van der Waals surface area (Å²) < 4.78 is 12.3. The van der Waals surface area contributed by atoms with E-state index in [-0.39, 0.29) is 55.3 Å². The Morgan fingerprint density at radius 2 is 2.09 bits per heavy atom. The number of nitrogens with two attached hydrogens (primary N) is 1. The minimum Gasteiger partial charge on any atom is -0.504 e. The van der Waals surface area contributed by atoms with Crippen LogP contribution in [0.15, 0.2) is 17.1 Å². The molecule has 1 aliphatic carbocycles. The van der Waals surface area contributed by atoms with Crippen LogP contribution in [-0.4, -0.2) is 82.9 Å². The second-order valence-electron chi connectivity index (χ2n) is 12.7. The number of hydrogen-bond donors (Lipinski definition) is 7. The molecule has 2 heterocycles. The average molecular weight is 615 g/mol. The molecule has 4 bridgehead atoms. The summed E-state index contributed by atoms with van der Waals surface area (Å²) in [4.78, 5) is 16.4. The first-order valence-electron chi connectivity index (χ1n) is 15.9. The molecule has 0 saturated carbocycles. The molecule has 1 fully saturated rings. The van der Waals surface area contributed by atoms with Crippen LogP contribution in [0.2, 0.25) is 0 Å². The normalized spacial score (nSPS) is 32.1. The van der Waals surface area contributed by atoms with E-state index in [0.717, 1.165) is 37.8 Å². The van der Waals surface area contributed by atoms with Gasteiger partial charge >= 0.3 is 5.97 Å². The molecule has 11 heteroatoms. The minimum absolute atomic E-state index is 0.0267. The van der Waals surface area contributed by atoms with Gasteiger partial charge in [0.15, 0.2) is 17.5 Å². The lowest BCUT2D eigenvalue weighted by atomic mass is 9.72. The van der Waals surface area contributed by atoms with Crippen molar-refractivity contribution in [1.29, 1.82) is 0 Å². The number of esters is 1. The SMILES string of the molecule is CN=C(N)NCC1(C(C)O)C#CC2CCCC3CC(CCN3)Oc3cc(c(CO)cc3O)CC2C(OC(C)=O)CC(O)CC1. The fourth-order valence-electron chi connectivity index (χ4n) is 6.88. The van der Waals surface area contributed by atoms with E-state index >= 15 is 0 Å². The number of benzene rings is 1. The van der Waals surface area contributed by atoms with Crippen molar-refractivity contribution in [1.82, 2.24) is 10.6 Å². The molecular formula is C33H50N4O7. The quantitative estimate of drug-likeness (QED) is 0.112. The summed E-state index contributed by atoms with van der Waals surface area (Å²) in [5.74, 6) is 6.48. The summed E-state index contributed by atoms with van der Waals surface area (Å²) in [6.07, 6.45) is 3.01. The highest BCUT2D eigenvalue weighted by Gasteiger charge is 2.39. The van der Waals surface area contributed by atoms with Crippen molar-refractivity contribution >= 4 is 11.9 Å². The van der Waals surface area contributed by atoms with Gasteiger partial charge in [-0.1, -0.05) is 18.3 Å². The van der Waals surface area contributed by atoms with Crippen molar-refractivity contribution < 1.29 is 34.7 Å². The molecule has 8 atom stereocenters. The second kappa shape index (κ2) is 15.3. The number of phenols is 1. The van der Waals surface area contributed by atoms with Gasteiger partial charge in [0.05, 0.1) is 24.2 Å². The molecule has 11 nitrogen and oxygen atoms in total. The van der Waals surface area contributed by atoms with Crippen molar-refractivity contribution in [2.45, 2.75) is 109 Å². The van der Waals surface area contributed by atoms with Gasteiger partial charge in [0.25, 0.3) is 0 Å². The number of carbonyl (C=O) groups is 1. The first kappa shape index (κ1) is 33.8. The topological polar surface area (TPSA) is 179 Å². The van der Waals surface area contributed by atoms with Gasteiger partial charge in [-0.05, 0) is 81.7 Å². The molecule has 8 N–H and O–H groups in total. The zero-order valence-electron chi connectivity index (χ0n) is 26.2. The maximum atomic E-state index is 12.4. The van der Waals surface area contributed by atoms with Crippen LogP contribution in [0.1, 0.15) is 76.3 Å². The van der Waals surface area contributed by atoms with Gasteiger partial charge < -0.3 is 46.3 Å². The number of aliphatic imine (C=N–C) groups is 1. The molecule has 1 aromatic rings. The lowest BCUT2D eigenvalue weighted by Crippen LogP contribution is -2.47. The van der Waals surface area contributed by atoms with E-state index in [9.17, 15) is 25.2 Å². The first-order valence-corrected chi connectivity index (χ1v) is 15.9. The van der Waals surface area contributed by atoms with Crippen LogP contribution in [0, 0.1) is 29.1 Å². The van der Waals surface area contributed by atoms with E-state index in [1.54, 1.807) is 26.1 Å². The van der Waals surface area contributed by atoms with Crippen LogP contribution in [0.4, 0.5) is 0 Å². The van der Waals surface area contributed by atoms with Crippen LogP contribution >= 0.6 is 0 Å². The summed E-state index contributed by atoms with van der Waals surface area (Å²) in [6, 6.07) is 3.57. The van der Waals surface area contributed by atoms with Gasteiger partial charge in [-0.25, -0.2) is 0 Å². The lowest BCUT2D eigenvalue weighted by Gasteiger charge is -2.37. The maximum absolute atomic E-state index is 12.4. The Kier molecular flexibility index (Phi) is 11.8. The number of nitrogens with zero attached hydrogens (tertiary/aromatic N) is 1. The van der Waals surface area contributed by atoms with Crippen molar-refractivity contribution in [2.24, 2.45) is 28.0 Å². The van der Waals surface area contributed by atoms with Gasteiger partial charge in [-0.2, -0.15) is 0 Å². The fraction of sp³-hybridized carbons (Fsp3) is 0.697. The van der Waals surface area contributed by atoms with Crippen LogP contribution < -0.4 is 21.1 Å². The molecule has 1 saturated heterocycles. The molecule has 3 aliphatic rings. The molecular weight excluding hydrogens is 564 g/mol. The maximum Gasteiger partial charge on any atom is 0.302 e. The minimum atomic E-state index is -0.912. The number of hydrogen-bond acceptors (Lipinski definition) is 9. The lowest BCUT2D eigenvalue weighted by molar-refractivity contribution is -0.152. The predicted octanol–water partition coefficient (Wildman–Crippen LogP) is 1.72. The number of rotatable bonds is 5. The third-order valence-corrected chi connectivity index (χ3v) is 9.59. The summed E-state index contributed by atoms with van der Waals surface area (Å²) in [6.45, 7) is 3.84. The zero-order valence-corrected chi connectivity index (χ0v) is 26.2. The molecule has 0 spiro atoms.